The molecule has 140 valence electrons. The van der Waals surface area contributed by atoms with Gasteiger partial charge in [-0.1, -0.05) is 5.16 Å². The molecule has 0 saturated carbocycles. The van der Waals surface area contributed by atoms with Crippen molar-refractivity contribution in [3.63, 3.8) is 0 Å². The monoisotopic (exact) mass is 370 g/mol. The molecule has 0 aliphatic rings. The number of benzene rings is 1. The molecule has 1 unspecified atom stereocenters. The smallest absolute Gasteiger partial charge is 0.251 e. The zero-order chi connectivity index (χ0) is 19.6. The fourth-order valence-corrected chi connectivity index (χ4v) is 2.55. The van der Waals surface area contributed by atoms with Crippen LogP contribution in [0.5, 0.6) is 0 Å². The number of carbonyl (C=O) groups is 1. The van der Waals surface area contributed by atoms with Gasteiger partial charge >= 0.3 is 0 Å². The van der Waals surface area contributed by atoms with E-state index in [9.17, 15) is 14.3 Å². The highest BCUT2D eigenvalue weighted by Crippen LogP contribution is 2.25. The molecule has 8 heteroatoms. The first-order valence-corrected chi connectivity index (χ1v) is 8.39. The van der Waals surface area contributed by atoms with E-state index < -0.39 is 18.0 Å². The average molecular weight is 370 g/mol. The third-order valence-electron chi connectivity index (χ3n) is 3.98. The molecule has 0 aliphatic carbocycles. The summed E-state index contributed by atoms with van der Waals surface area (Å²) in [5.74, 6) is -0.0453. The third-order valence-corrected chi connectivity index (χ3v) is 3.98. The molecule has 3 rings (SSSR count). The van der Waals surface area contributed by atoms with Crippen LogP contribution in [0, 0.1) is 12.7 Å². The van der Waals surface area contributed by atoms with E-state index in [0.717, 1.165) is 6.20 Å². The number of aliphatic hydroxyl groups excluding tert-OH is 1. The first kappa shape index (κ1) is 18.7. The number of halogens is 1. The van der Waals surface area contributed by atoms with E-state index in [4.69, 9.17) is 4.52 Å². The molecule has 3 aromatic rings. The van der Waals surface area contributed by atoms with Gasteiger partial charge in [0.2, 0.25) is 5.89 Å². The Morgan fingerprint density at radius 3 is 2.63 bits per heavy atom. The van der Waals surface area contributed by atoms with Gasteiger partial charge in [0.05, 0.1) is 18.0 Å². The maximum atomic E-state index is 13.1. The number of aromatic nitrogens is 3. The molecule has 27 heavy (non-hydrogen) atoms. The van der Waals surface area contributed by atoms with Gasteiger partial charge in [-0.2, -0.15) is 4.98 Å². The second-order valence-electron chi connectivity index (χ2n) is 6.26. The minimum atomic E-state index is -0.784. The summed E-state index contributed by atoms with van der Waals surface area (Å²) >= 11 is 0. The zero-order valence-electron chi connectivity index (χ0n) is 15.1. The third kappa shape index (κ3) is 4.35. The van der Waals surface area contributed by atoms with Crippen molar-refractivity contribution in [3.05, 3.63) is 65.2 Å². The Morgan fingerprint density at radius 1 is 1.26 bits per heavy atom. The largest absolute Gasteiger partial charge is 0.389 e. The summed E-state index contributed by atoms with van der Waals surface area (Å²) in [6, 6.07) is 7.26. The molecule has 0 fully saturated rings. The molecular formula is C19H19FN4O3. The van der Waals surface area contributed by atoms with Crippen LogP contribution in [0.2, 0.25) is 0 Å². The topological polar surface area (TPSA) is 101 Å². The predicted molar refractivity (Wildman–Crippen MR) is 95.2 cm³/mol. The summed E-state index contributed by atoms with van der Waals surface area (Å²) in [6.45, 7) is 5.02. The van der Waals surface area contributed by atoms with Gasteiger partial charge in [0.25, 0.3) is 5.91 Å². The molecular weight excluding hydrogens is 351 g/mol. The Balaban J connectivity index is 1.91. The standard InChI is InChI=1S/C19H19FN4O3/c1-10(19-23-12(3)24-27-19)22-18(26)15-7-13(11(2)25)6-14(8-15)17-5-4-16(20)9-21-17/h4-11,25H,1-3H3,(H,22,26)/t10-,11?/m1/s1. The van der Waals surface area contributed by atoms with Gasteiger partial charge in [0.15, 0.2) is 5.82 Å². The molecule has 0 aliphatic heterocycles. The molecule has 0 radical (unpaired) electrons. The minimum Gasteiger partial charge on any atom is -0.389 e. The van der Waals surface area contributed by atoms with E-state index in [1.807, 2.05) is 0 Å². The molecule has 0 bridgehead atoms. The van der Waals surface area contributed by atoms with Crippen LogP contribution in [0.1, 0.15) is 53.6 Å². The lowest BCUT2D eigenvalue weighted by Crippen LogP contribution is -2.27. The van der Waals surface area contributed by atoms with Crippen molar-refractivity contribution in [2.24, 2.45) is 0 Å². The van der Waals surface area contributed by atoms with Crippen molar-refractivity contribution in [2.75, 3.05) is 0 Å². The fourth-order valence-electron chi connectivity index (χ4n) is 2.55. The molecule has 2 N–H and O–H groups in total. The number of nitrogens with one attached hydrogen (secondary N) is 1. The van der Waals surface area contributed by atoms with Crippen molar-refractivity contribution in [1.82, 2.24) is 20.4 Å². The summed E-state index contributed by atoms with van der Waals surface area (Å²) in [4.78, 5) is 20.8. The van der Waals surface area contributed by atoms with Crippen LogP contribution >= 0.6 is 0 Å². The van der Waals surface area contributed by atoms with Crippen LogP contribution in [0.4, 0.5) is 4.39 Å². The van der Waals surface area contributed by atoms with E-state index in [1.54, 1.807) is 39.0 Å². The first-order valence-electron chi connectivity index (χ1n) is 8.39. The highest BCUT2D eigenvalue weighted by Gasteiger charge is 2.18. The van der Waals surface area contributed by atoms with Crippen LogP contribution in [-0.4, -0.2) is 26.1 Å². The zero-order valence-corrected chi connectivity index (χ0v) is 15.1. The molecule has 1 amide bonds. The average Bonchev–Trinajstić information content (AvgIpc) is 3.08. The van der Waals surface area contributed by atoms with Crippen LogP contribution in [0.25, 0.3) is 11.3 Å². The summed E-state index contributed by atoms with van der Waals surface area (Å²) < 4.78 is 18.2. The summed E-state index contributed by atoms with van der Waals surface area (Å²) in [6.07, 6.45) is 0.317. The first-order chi connectivity index (χ1) is 12.8. The Hall–Kier alpha value is -3.13. The summed E-state index contributed by atoms with van der Waals surface area (Å²) in [5, 5.41) is 16.5. The molecule has 0 saturated heterocycles. The Morgan fingerprint density at radius 2 is 2.04 bits per heavy atom. The van der Waals surface area contributed by atoms with Crippen LogP contribution in [0.15, 0.2) is 41.1 Å². The number of rotatable bonds is 5. The van der Waals surface area contributed by atoms with Gasteiger partial charge in [-0.25, -0.2) is 4.39 Å². The number of pyridine rings is 1. The molecule has 2 atom stereocenters. The van der Waals surface area contributed by atoms with E-state index in [1.165, 1.54) is 12.1 Å². The second-order valence-corrected chi connectivity index (χ2v) is 6.26. The summed E-state index contributed by atoms with van der Waals surface area (Å²) in [5.41, 5.74) is 1.97. The highest BCUT2D eigenvalue weighted by molar-refractivity contribution is 5.95. The molecule has 2 aromatic heterocycles. The van der Waals surface area contributed by atoms with Crippen molar-refractivity contribution in [3.8, 4) is 11.3 Å². The Bertz CT molecular complexity index is 954. The molecule has 2 heterocycles. The van der Waals surface area contributed by atoms with Gasteiger partial charge in [0, 0.05) is 11.1 Å². The normalized spacial score (nSPS) is 13.2. The lowest BCUT2D eigenvalue weighted by molar-refractivity contribution is 0.0932. The molecule has 7 nitrogen and oxygen atoms in total. The quantitative estimate of drug-likeness (QED) is 0.716. The maximum Gasteiger partial charge on any atom is 0.251 e. The number of hydrogen-bond donors (Lipinski definition) is 2. The van der Waals surface area contributed by atoms with Crippen molar-refractivity contribution < 1.29 is 18.8 Å². The van der Waals surface area contributed by atoms with Crippen LogP contribution in [0.3, 0.4) is 0 Å². The van der Waals surface area contributed by atoms with Gasteiger partial charge < -0.3 is 14.9 Å². The number of carbonyl (C=O) groups excluding carboxylic acids is 1. The van der Waals surface area contributed by atoms with Crippen molar-refractivity contribution in [1.29, 1.82) is 0 Å². The fraction of sp³-hybridized carbons (Fsp3) is 0.263. The Kier molecular flexibility index (Phi) is 5.27. The van der Waals surface area contributed by atoms with Gasteiger partial charge in [-0.15, -0.1) is 0 Å². The number of aryl methyl sites for hydroxylation is 1. The second kappa shape index (κ2) is 7.63. The summed E-state index contributed by atoms with van der Waals surface area (Å²) in [7, 11) is 0. The van der Waals surface area contributed by atoms with E-state index in [2.05, 4.69) is 20.4 Å². The van der Waals surface area contributed by atoms with Crippen LogP contribution in [-0.2, 0) is 0 Å². The van der Waals surface area contributed by atoms with Gasteiger partial charge in [-0.05, 0) is 56.7 Å². The molecule has 0 spiro atoms. The van der Waals surface area contributed by atoms with Crippen molar-refractivity contribution in [2.45, 2.75) is 32.9 Å². The maximum absolute atomic E-state index is 13.1. The van der Waals surface area contributed by atoms with Crippen molar-refractivity contribution >= 4 is 5.91 Å². The Labute approximate surface area is 155 Å². The highest BCUT2D eigenvalue weighted by atomic mass is 19.1. The van der Waals surface area contributed by atoms with E-state index >= 15 is 0 Å². The number of hydrogen-bond acceptors (Lipinski definition) is 6. The number of amides is 1. The van der Waals surface area contributed by atoms with Gasteiger partial charge in [-0.3, -0.25) is 9.78 Å². The minimum absolute atomic E-state index is 0.299. The lowest BCUT2D eigenvalue weighted by atomic mass is 9.99. The predicted octanol–water partition coefficient (Wildman–Crippen LogP) is 3.12. The number of aliphatic hydroxyl groups is 1. The van der Waals surface area contributed by atoms with E-state index in [0.29, 0.717) is 34.1 Å². The molecule has 1 aromatic carbocycles. The van der Waals surface area contributed by atoms with Gasteiger partial charge in [0.1, 0.15) is 11.9 Å². The lowest BCUT2D eigenvalue weighted by Gasteiger charge is -2.14. The van der Waals surface area contributed by atoms with Crippen LogP contribution < -0.4 is 5.32 Å². The SMILES string of the molecule is Cc1noc([C@@H](C)NC(=O)c2cc(-c3ccc(F)cn3)cc(C(C)O)c2)n1. The van der Waals surface area contributed by atoms with E-state index in [-0.39, 0.29) is 5.91 Å². The number of nitrogens with zero attached hydrogens (tertiary/aromatic N) is 3.